The monoisotopic (exact) mass is 345 g/mol. The molecular formula is C15H12BrN3O2. The Hall–Kier alpha value is -2.21. The van der Waals surface area contributed by atoms with Crippen molar-refractivity contribution in [2.75, 3.05) is 11.9 Å². The van der Waals surface area contributed by atoms with Crippen LogP contribution < -0.4 is 5.32 Å². The molecule has 0 radical (unpaired) electrons. The number of fused-ring (bicyclic) bond motifs is 1. The highest BCUT2D eigenvalue weighted by molar-refractivity contribution is 9.10. The lowest BCUT2D eigenvalue weighted by atomic mass is 10.1. The number of rotatable bonds is 1. The SMILES string of the molecule is O=C1CN(C(=O)c2ccnc(Br)c2)Cc2ccccc2N1. The molecule has 2 aromatic rings. The van der Waals surface area contributed by atoms with Gasteiger partial charge in [-0.3, -0.25) is 9.59 Å². The molecule has 1 aromatic carbocycles. The second kappa shape index (κ2) is 5.65. The summed E-state index contributed by atoms with van der Waals surface area (Å²) in [6.07, 6.45) is 1.56. The molecule has 0 bridgehead atoms. The number of carbonyl (C=O) groups excluding carboxylic acids is 2. The molecule has 1 N–H and O–H groups in total. The minimum Gasteiger partial charge on any atom is -0.325 e. The fourth-order valence-corrected chi connectivity index (χ4v) is 2.63. The fraction of sp³-hybridized carbons (Fsp3) is 0.133. The van der Waals surface area contributed by atoms with Gasteiger partial charge in [0.2, 0.25) is 5.91 Å². The third-order valence-electron chi connectivity index (χ3n) is 3.25. The van der Waals surface area contributed by atoms with Crippen LogP contribution in [0, 0.1) is 0 Å². The predicted molar refractivity (Wildman–Crippen MR) is 81.7 cm³/mol. The van der Waals surface area contributed by atoms with Gasteiger partial charge in [-0.25, -0.2) is 4.98 Å². The number of carbonyl (C=O) groups is 2. The Morgan fingerprint density at radius 2 is 2.05 bits per heavy atom. The van der Waals surface area contributed by atoms with Crippen LogP contribution in [0.25, 0.3) is 0 Å². The number of halogens is 1. The van der Waals surface area contributed by atoms with E-state index in [1.807, 2.05) is 24.3 Å². The molecular weight excluding hydrogens is 334 g/mol. The summed E-state index contributed by atoms with van der Waals surface area (Å²) >= 11 is 3.25. The van der Waals surface area contributed by atoms with Crippen molar-refractivity contribution in [1.82, 2.24) is 9.88 Å². The topological polar surface area (TPSA) is 62.3 Å². The first kappa shape index (κ1) is 13.8. The maximum absolute atomic E-state index is 12.6. The number of anilines is 1. The number of aromatic nitrogens is 1. The zero-order chi connectivity index (χ0) is 14.8. The molecule has 0 aliphatic carbocycles. The van der Waals surface area contributed by atoms with Crippen molar-refractivity contribution in [1.29, 1.82) is 0 Å². The second-order valence-corrected chi connectivity index (χ2v) is 5.55. The molecule has 3 rings (SSSR count). The van der Waals surface area contributed by atoms with Crippen LogP contribution in [0.15, 0.2) is 47.2 Å². The number of hydrogen-bond donors (Lipinski definition) is 1. The Kier molecular flexibility index (Phi) is 3.70. The van der Waals surface area contributed by atoms with E-state index in [2.05, 4.69) is 26.2 Å². The Labute approximate surface area is 130 Å². The first-order valence-electron chi connectivity index (χ1n) is 6.42. The highest BCUT2D eigenvalue weighted by Gasteiger charge is 2.24. The van der Waals surface area contributed by atoms with Crippen LogP contribution in [0.4, 0.5) is 5.69 Å². The van der Waals surface area contributed by atoms with Crippen LogP contribution in [-0.2, 0) is 11.3 Å². The molecule has 0 spiro atoms. The normalized spacial score (nSPS) is 14.1. The van der Waals surface area contributed by atoms with E-state index >= 15 is 0 Å². The smallest absolute Gasteiger partial charge is 0.254 e. The number of para-hydroxylation sites is 1. The summed E-state index contributed by atoms with van der Waals surface area (Å²) in [5.74, 6) is -0.383. The van der Waals surface area contributed by atoms with Crippen molar-refractivity contribution in [3.05, 3.63) is 58.3 Å². The first-order chi connectivity index (χ1) is 10.1. The van der Waals surface area contributed by atoms with E-state index < -0.39 is 0 Å². The zero-order valence-electron chi connectivity index (χ0n) is 11.0. The van der Waals surface area contributed by atoms with Crippen LogP contribution in [0.3, 0.4) is 0 Å². The van der Waals surface area contributed by atoms with Gasteiger partial charge in [-0.2, -0.15) is 0 Å². The number of hydrogen-bond acceptors (Lipinski definition) is 3. The lowest BCUT2D eigenvalue weighted by Gasteiger charge is -2.19. The Morgan fingerprint density at radius 3 is 2.86 bits per heavy atom. The minimum atomic E-state index is -0.193. The molecule has 2 amide bonds. The fourth-order valence-electron chi connectivity index (χ4n) is 2.27. The Bertz CT molecular complexity index is 718. The van der Waals surface area contributed by atoms with E-state index in [0.717, 1.165) is 11.3 Å². The van der Waals surface area contributed by atoms with Crippen molar-refractivity contribution in [2.24, 2.45) is 0 Å². The summed E-state index contributed by atoms with van der Waals surface area (Å²) in [5, 5.41) is 2.82. The Morgan fingerprint density at radius 1 is 1.24 bits per heavy atom. The number of nitrogens with one attached hydrogen (secondary N) is 1. The van der Waals surface area contributed by atoms with Gasteiger partial charge < -0.3 is 10.2 Å². The molecule has 0 fully saturated rings. The van der Waals surface area contributed by atoms with Gasteiger partial charge in [0.05, 0.1) is 0 Å². The van der Waals surface area contributed by atoms with Gasteiger partial charge >= 0.3 is 0 Å². The minimum absolute atomic E-state index is 0.0352. The molecule has 106 valence electrons. The second-order valence-electron chi connectivity index (χ2n) is 4.73. The molecule has 0 unspecified atom stereocenters. The van der Waals surface area contributed by atoms with E-state index in [0.29, 0.717) is 16.7 Å². The van der Waals surface area contributed by atoms with E-state index in [1.54, 1.807) is 18.3 Å². The molecule has 1 aliphatic rings. The standard InChI is InChI=1S/C15H12BrN3O2/c16-13-7-10(5-6-17-13)15(21)19-8-11-3-1-2-4-12(11)18-14(20)9-19/h1-7H,8-9H2,(H,18,20). The van der Waals surface area contributed by atoms with Crippen LogP contribution >= 0.6 is 15.9 Å². The van der Waals surface area contributed by atoms with Gasteiger partial charge in [0.1, 0.15) is 11.1 Å². The van der Waals surface area contributed by atoms with Crippen molar-refractivity contribution in [3.8, 4) is 0 Å². The molecule has 0 saturated heterocycles. The molecule has 6 heteroatoms. The summed E-state index contributed by atoms with van der Waals surface area (Å²) in [6, 6.07) is 10.8. The van der Waals surface area contributed by atoms with E-state index in [9.17, 15) is 9.59 Å². The number of benzene rings is 1. The van der Waals surface area contributed by atoms with Crippen molar-refractivity contribution in [3.63, 3.8) is 0 Å². The van der Waals surface area contributed by atoms with Crippen LogP contribution in [0.5, 0.6) is 0 Å². The Balaban J connectivity index is 1.92. The zero-order valence-corrected chi connectivity index (χ0v) is 12.6. The summed E-state index contributed by atoms with van der Waals surface area (Å²) in [7, 11) is 0. The summed E-state index contributed by atoms with van der Waals surface area (Å²) in [5.41, 5.74) is 2.18. The van der Waals surface area contributed by atoms with Crippen molar-refractivity contribution in [2.45, 2.75) is 6.54 Å². The van der Waals surface area contributed by atoms with E-state index in [1.165, 1.54) is 4.90 Å². The quantitative estimate of drug-likeness (QED) is 0.807. The van der Waals surface area contributed by atoms with Crippen molar-refractivity contribution < 1.29 is 9.59 Å². The van der Waals surface area contributed by atoms with Gasteiger partial charge in [0.25, 0.3) is 5.91 Å². The lowest BCUT2D eigenvalue weighted by Crippen LogP contribution is -2.35. The third-order valence-corrected chi connectivity index (χ3v) is 3.68. The van der Waals surface area contributed by atoms with E-state index in [-0.39, 0.29) is 18.4 Å². The summed E-state index contributed by atoms with van der Waals surface area (Å²) in [4.78, 5) is 30.0. The molecule has 0 saturated carbocycles. The maximum atomic E-state index is 12.6. The summed E-state index contributed by atoms with van der Waals surface area (Å²) in [6.45, 7) is 0.432. The molecule has 1 aliphatic heterocycles. The summed E-state index contributed by atoms with van der Waals surface area (Å²) < 4.78 is 0.591. The van der Waals surface area contributed by atoms with Gasteiger partial charge in [0, 0.05) is 24.0 Å². The maximum Gasteiger partial charge on any atom is 0.254 e. The van der Waals surface area contributed by atoms with E-state index in [4.69, 9.17) is 0 Å². The molecule has 21 heavy (non-hydrogen) atoms. The highest BCUT2D eigenvalue weighted by Crippen LogP contribution is 2.21. The van der Waals surface area contributed by atoms with Gasteiger partial charge in [-0.05, 0) is 39.7 Å². The lowest BCUT2D eigenvalue weighted by molar-refractivity contribution is -0.116. The van der Waals surface area contributed by atoms with Gasteiger partial charge in [0.15, 0.2) is 0 Å². The van der Waals surface area contributed by atoms with Crippen LogP contribution in [-0.4, -0.2) is 28.2 Å². The molecule has 2 heterocycles. The van der Waals surface area contributed by atoms with Crippen LogP contribution in [0.2, 0.25) is 0 Å². The first-order valence-corrected chi connectivity index (χ1v) is 7.21. The molecule has 0 atom stereocenters. The number of pyridine rings is 1. The highest BCUT2D eigenvalue weighted by atomic mass is 79.9. The number of nitrogens with zero attached hydrogens (tertiary/aromatic N) is 2. The van der Waals surface area contributed by atoms with Crippen LogP contribution in [0.1, 0.15) is 15.9 Å². The third kappa shape index (κ3) is 2.95. The average molecular weight is 346 g/mol. The predicted octanol–water partition coefficient (Wildman–Crippen LogP) is 2.44. The largest absolute Gasteiger partial charge is 0.325 e. The number of amides is 2. The van der Waals surface area contributed by atoms with Gasteiger partial charge in [-0.15, -0.1) is 0 Å². The molecule has 1 aromatic heterocycles. The average Bonchev–Trinajstić information content (AvgIpc) is 2.64. The van der Waals surface area contributed by atoms with Crippen molar-refractivity contribution >= 4 is 33.4 Å². The molecule has 5 nitrogen and oxygen atoms in total. The van der Waals surface area contributed by atoms with Gasteiger partial charge in [-0.1, -0.05) is 18.2 Å².